The van der Waals surface area contributed by atoms with Crippen LogP contribution in [-0.2, 0) is 0 Å². The van der Waals surface area contributed by atoms with E-state index in [9.17, 15) is 0 Å². The van der Waals surface area contributed by atoms with Gasteiger partial charge in [-0.25, -0.2) is 0 Å². The Hall–Kier alpha value is -0.0800. The lowest BCUT2D eigenvalue weighted by molar-refractivity contribution is 0.152. The minimum Gasteiger partial charge on any atom is -0.302 e. The van der Waals surface area contributed by atoms with Gasteiger partial charge in [-0.3, -0.25) is 4.90 Å². The van der Waals surface area contributed by atoms with Crippen molar-refractivity contribution in [2.75, 3.05) is 32.7 Å². The molecule has 0 aromatic carbocycles. The fraction of sp³-hybridized carbons (Fsp3) is 1.00. The van der Waals surface area contributed by atoms with Crippen molar-refractivity contribution in [2.45, 2.75) is 84.6 Å². The molecular formula is C18H38N2. The maximum absolute atomic E-state index is 2.69. The molecular weight excluding hydrogens is 244 g/mol. The van der Waals surface area contributed by atoms with Gasteiger partial charge >= 0.3 is 0 Å². The first-order valence-corrected chi connectivity index (χ1v) is 9.28. The van der Waals surface area contributed by atoms with E-state index in [1.54, 1.807) is 0 Å². The Kier molecular flexibility index (Phi) is 10.4. The molecule has 20 heavy (non-hydrogen) atoms. The summed E-state index contributed by atoms with van der Waals surface area (Å²) in [5, 5.41) is 0. The molecule has 0 bridgehead atoms. The number of hydrogen-bond acceptors (Lipinski definition) is 2. The van der Waals surface area contributed by atoms with E-state index in [1.807, 2.05) is 0 Å². The zero-order chi connectivity index (χ0) is 14.6. The topological polar surface area (TPSA) is 6.48 Å². The third-order valence-electron chi connectivity index (χ3n) is 4.89. The van der Waals surface area contributed by atoms with Gasteiger partial charge < -0.3 is 4.90 Å². The van der Waals surface area contributed by atoms with E-state index in [2.05, 4.69) is 30.6 Å². The van der Waals surface area contributed by atoms with Crippen molar-refractivity contribution in [1.82, 2.24) is 9.80 Å². The summed E-state index contributed by atoms with van der Waals surface area (Å²) in [6.45, 7) is 13.4. The fourth-order valence-electron chi connectivity index (χ4n) is 3.55. The zero-order valence-corrected chi connectivity index (χ0v) is 14.4. The Morgan fingerprint density at radius 1 is 0.850 bits per heavy atom. The monoisotopic (exact) mass is 282 g/mol. The Labute approximate surface area is 127 Å². The van der Waals surface area contributed by atoms with Gasteiger partial charge in [0.2, 0.25) is 0 Å². The molecule has 1 rings (SSSR count). The van der Waals surface area contributed by atoms with E-state index < -0.39 is 0 Å². The summed E-state index contributed by atoms with van der Waals surface area (Å²) in [6.07, 6.45) is 12.8. The molecule has 0 N–H and O–H groups in total. The van der Waals surface area contributed by atoms with Crippen LogP contribution in [0.3, 0.4) is 0 Å². The first-order valence-electron chi connectivity index (χ1n) is 9.28. The predicted octanol–water partition coefficient (Wildman–Crippen LogP) is 4.54. The van der Waals surface area contributed by atoms with Crippen molar-refractivity contribution in [3.05, 3.63) is 0 Å². The van der Waals surface area contributed by atoms with E-state index in [4.69, 9.17) is 0 Å². The highest BCUT2D eigenvalue weighted by molar-refractivity contribution is 4.77. The summed E-state index contributed by atoms with van der Waals surface area (Å²) in [7, 11) is 0. The van der Waals surface area contributed by atoms with Crippen molar-refractivity contribution in [3.63, 3.8) is 0 Å². The van der Waals surface area contributed by atoms with Gasteiger partial charge in [-0.2, -0.15) is 0 Å². The van der Waals surface area contributed by atoms with Gasteiger partial charge in [0.25, 0.3) is 0 Å². The van der Waals surface area contributed by atoms with Crippen molar-refractivity contribution in [1.29, 1.82) is 0 Å². The van der Waals surface area contributed by atoms with Gasteiger partial charge in [0, 0.05) is 12.6 Å². The van der Waals surface area contributed by atoms with Gasteiger partial charge in [0.05, 0.1) is 0 Å². The number of nitrogens with zero attached hydrogens (tertiary/aromatic N) is 2. The molecule has 0 saturated carbocycles. The minimum atomic E-state index is 0.800. The number of unbranched alkanes of at least 4 members (excludes halogenated alkanes) is 5. The van der Waals surface area contributed by atoms with E-state index in [1.165, 1.54) is 90.5 Å². The van der Waals surface area contributed by atoms with Gasteiger partial charge in [-0.15, -0.1) is 0 Å². The highest BCUT2D eigenvalue weighted by Gasteiger charge is 2.20. The molecule has 1 saturated heterocycles. The van der Waals surface area contributed by atoms with Crippen LogP contribution in [0.15, 0.2) is 0 Å². The van der Waals surface area contributed by atoms with Gasteiger partial charge in [-0.05, 0) is 45.4 Å². The van der Waals surface area contributed by atoms with Crippen molar-refractivity contribution < 1.29 is 0 Å². The molecule has 1 fully saturated rings. The van der Waals surface area contributed by atoms with Crippen LogP contribution >= 0.6 is 0 Å². The normalized spacial score (nSPS) is 18.0. The molecule has 0 radical (unpaired) electrons. The molecule has 0 aromatic rings. The molecule has 1 heterocycles. The van der Waals surface area contributed by atoms with E-state index in [0.29, 0.717) is 0 Å². The van der Waals surface area contributed by atoms with Crippen LogP contribution in [0.2, 0.25) is 0 Å². The quantitative estimate of drug-likeness (QED) is 0.485. The first kappa shape index (κ1) is 18.0. The van der Waals surface area contributed by atoms with Crippen molar-refractivity contribution in [3.8, 4) is 0 Å². The summed E-state index contributed by atoms with van der Waals surface area (Å²) >= 11 is 0. The second kappa shape index (κ2) is 11.6. The molecule has 0 aromatic heterocycles. The van der Waals surface area contributed by atoms with Crippen LogP contribution in [-0.4, -0.2) is 48.6 Å². The smallest absolute Gasteiger partial charge is 0.0222 e. The maximum atomic E-state index is 2.69. The van der Waals surface area contributed by atoms with Crippen molar-refractivity contribution in [2.24, 2.45) is 0 Å². The molecule has 0 spiro atoms. The number of likely N-dealkylation sites (tertiary alicyclic amines) is 1. The molecule has 1 aliphatic heterocycles. The number of likely N-dealkylation sites (N-methyl/N-ethyl adjacent to an activating group) is 1. The van der Waals surface area contributed by atoms with Crippen LogP contribution in [0.4, 0.5) is 0 Å². The molecule has 2 heteroatoms. The third kappa shape index (κ3) is 7.08. The SMILES string of the molecule is CCCCCCCCC(CN1CCCC1)N(CC)CC. The largest absolute Gasteiger partial charge is 0.302 e. The first-order chi connectivity index (χ1) is 9.81. The van der Waals surface area contributed by atoms with E-state index in [0.717, 1.165) is 6.04 Å². The standard InChI is InChI=1S/C18H38N2/c1-4-7-8-9-10-11-14-18(20(5-2)6-3)17-19-15-12-13-16-19/h18H,4-17H2,1-3H3. The second-order valence-corrected chi connectivity index (χ2v) is 6.44. The molecule has 0 amide bonds. The lowest BCUT2D eigenvalue weighted by Gasteiger charge is -2.33. The average Bonchev–Trinajstić information content (AvgIpc) is 2.96. The summed E-state index contributed by atoms with van der Waals surface area (Å²) in [5.74, 6) is 0. The fourth-order valence-corrected chi connectivity index (χ4v) is 3.55. The van der Waals surface area contributed by atoms with Crippen molar-refractivity contribution >= 4 is 0 Å². The molecule has 1 unspecified atom stereocenters. The minimum absolute atomic E-state index is 0.800. The van der Waals surface area contributed by atoms with Gasteiger partial charge in [0.1, 0.15) is 0 Å². The van der Waals surface area contributed by atoms with Crippen LogP contribution in [0.1, 0.15) is 78.6 Å². The molecule has 120 valence electrons. The zero-order valence-electron chi connectivity index (χ0n) is 14.4. The number of rotatable bonds is 12. The number of hydrogen-bond donors (Lipinski definition) is 0. The van der Waals surface area contributed by atoms with Crippen LogP contribution < -0.4 is 0 Å². The lowest BCUT2D eigenvalue weighted by Crippen LogP contribution is -2.43. The average molecular weight is 283 g/mol. The summed E-state index contributed by atoms with van der Waals surface area (Å²) in [6, 6.07) is 0.800. The summed E-state index contributed by atoms with van der Waals surface area (Å²) in [4.78, 5) is 5.38. The Balaban J connectivity index is 2.25. The van der Waals surface area contributed by atoms with Crippen LogP contribution in [0, 0.1) is 0 Å². The predicted molar refractivity (Wildman–Crippen MR) is 90.4 cm³/mol. The highest BCUT2D eigenvalue weighted by Crippen LogP contribution is 2.16. The Morgan fingerprint density at radius 3 is 2.05 bits per heavy atom. The van der Waals surface area contributed by atoms with Crippen LogP contribution in [0.5, 0.6) is 0 Å². The molecule has 0 aliphatic carbocycles. The highest BCUT2D eigenvalue weighted by atomic mass is 15.2. The molecule has 1 atom stereocenters. The Morgan fingerprint density at radius 2 is 1.45 bits per heavy atom. The second-order valence-electron chi connectivity index (χ2n) is 6.44. The van der Waals surface area contributed by atoms with Crippen LogP contribution in [0.25, 0.3) is 0 Å². The molecule has 1 aliphatic rings. The van der Waals surface area contributed by atoms with Gasteiger partial charge in [0.15, 0.2) is 0 Å². The van der Waals surface area contributed by atoms with E-state index in [-0.39, 0.29) is 0 Å². The lowest BCUT2D eigenvalue weighted by atomic mass is 10.0. The molecule has 2 nitrogen and oxygen atoms in total. The summed E-state index contributed by atoms with van der Waals surface area (Å²) < 4.78 is 0. The Bertz CT molecular complexity index is 207. The third-order valence-corrected chi connectivity index (χ3v) is 4.89. The summed E-state index contributed by atoms with van der Waals surface area (Å²) in [5.41, 5.74) is 0. The maximum Gasteiger partial charge on any atom is 0.0222 e. The van der Waals surface area contributed by atoms with E-state index >= 15 is 0 Å². The van der Waals surface area contributed by atoms with Gasteiger partial charge in [-0.1, -0.05) is 59.3 Å².